The van der Waals surface area contributed by atoms with Crippen molar-refractivity contribution < 1.29 is 18.6 Å². The summed E-state index contributed by atoms with van der Waals surface area (Å²) in [7, 11) is 1.58. The van der Waals surface area contributed by atoms with Crippen molar-refractivity contribution in [1.82, 2.24) is 10.3 Å². The molecular formula is C23H24ClFN2O3. The molecule has 0 bridgehead atoms. The molecule has 1 heterocycles. The number of aromatic nitrogens is 1. The van der Waals surface area contributed by atoms with Gasteiger partial charge in [0.25, 0.3) is 0 Å². The Labute approximate surface area is 180 Å². The lowest BCUT2D eigenvalue weighted by Crippen LogP contribution is -2.17. The maximum atomic E-state index is 13.0. The lowest BCUT2D eigenvalue weighted by atomic mass is 10.2. The van der Waals surface area contributed by atoms with Crippen LogP contribution in [-0.4, -0.2) is 25.2 Å². The number of rotatable bonds is 11. The second-order valence-corrected chi connectivity index (χ2v) is 6.96. The third-order valence-electron chi connectivity index (χ3n) is 4.34. The minimum atomic E-state index is -0.278. The van der Waals surface area contributed by atoms with Crippen LogP contribution in [0.1, 0.15) is 17.5 Å². The Hall–Kier alpha value is -2.83. The van der Waals surface area contributed by atoms with Crippen molar-refractivity contribution in [3.8, 4) is 17.4 Å². The lowest BCUT2D eigenvalue weighted by Gasteiger charge is -2.14. The Kier molecular flexibility index (Phi) is 8.30. The fourth-order valence-electron chi connectivity index (χ4n) is 2.76. The number of nitrogens with one attached hydrogen (secondary N) is 1. The van der Waals surface area contributed by atoms with Gasteiger partial charge in [-0.3, -0.25) is 0 Å². The lowest BCUT2D eigenvalue weighted by molar-refractivity contribution is 0.284. The van der Waals surface area contributed by atoms with Gasteiger partial charge in [0.05, 0.1) is 13.7 Å². The number of benzene rings is 2. The third-order valence-corrected chi connectivity index (χ3v) is 4.69. The maximum Gasteiger partial charge on any atom is 0.213 e. The summed E-state index contributed by atoms with van der Waals surface area (Å²) in [5, 5.41) is 3.93. The van der Waals surface area contributed by atoms with Crippen molar-refractivity contribution in [2.45, 2.75) is 19.6 Å². The van der Waals surface area contributed by atoms with E-state index in [1.54, 1.807) is 31.5 Å². The molecule has 30 heavy (non-hydrogen) atoms. The van der Waals surface area contributed by atoms with E-state index in [-0.39, 0.29) is 5.82 Å². The predicted octanol–water partition coefficient (Wildman–Crippen LogP) is 5.02. The summed E-state index contributed by atoms with van der Waals surface area (Å²) in [5.74, 6) is 1.48. The number of pyridine rings is 1. The first-order chi connectivity index (χ1) is 14.7. The van der Waals surface area contributed by atoms with Crippen molar-refractivity contribution in [3.05, 3.63) is 82.8 Å². The third kappa shape index (κ3) is 6.61. The second-order valence-electron chi connectivity index (χ2n) is 6.56. The van der Waals surface area contributed by atoms with Crippen molar-refractivity contribution in [2.75, 3.05) is 20.3 Å². The normalized spacial score (nSPS) is 10.6. The van der Waals surface area contributed by atoms with Crippen LogP contribution in [0.3, 0.4) is 0 Å². The first-order valence-corrected chi connectivity index (χ1v) is 10.0. The SMILES string of the molecule is COc1cc(CNCCCOc2ccccn2)c(Cl)cc1OCc1ccc(F)cc1. The van der Waals surface area contributed by atoms with Crippen LogP contribution < -0.4 is 19.5 Å². The van der Waals surface area contributed by atoms with Crippen molar-refractivity contribution in [1.29, 1.82) is 0 Å². The number of methoxy groups -OCH3 is 1. The molecular weight excluding hydrogens is 407 g/mol. The van der Waals surface area contributed by atoms with Gasteiger partial charge in [-0.05, 0) is 48.4 Å². The van der Waals surface area contributed by atoms with Gasteiger partial charge in [0, 0.05) is 29.9 Å². The number of halogens is 2. The Morgan fingerprint density at radius 1 is 1.03 bits per heavy atom. The molecule has 1 aromatic heterocycles. The van der Waals surface area contributed by atoms with Crippen LogP contribution in [0, 0.1) is 5.82 Å². The fraction of sp³-hybridized carbons (Fsp3) is 0.261. The van der Waals surface area contributed by atoms with Crippen molar-refractivity contribution in [3.63, 3.8) is 0 Å². The van der Waals surface area contributed by atoms with E-state index in [0.717, 1.165) is 24.1 Å². The summed E-state index contributed by atoms with van der Waals surface area (Å²) in [6.07, 6.45) is 2.54. The first-order valence-electron chi connectivity index (χ1n) is 9.64. The van der Waals surface area contributed by atoms with Gasteiger partial charge in [-0.15, -0.1) is 0 Å². The quantitative estimate of drug-likeness (QED) is 0.433. The Balaban J connectivity index is 1.47. The predicted molar refractivity (Wildman–Crippen MR) is 115 cm³/mol. The summed E-state index contributed by atoms with van der Waals surface area (Å²) < 4.78 is 29.8. The van der Waals surface area contributed by atoms with Crippen LogP contribution >= 0.6 is 11.6 Å². The summed E-state index contributed by atoms with van der Waals surface area (Å²) in [6, 6.07) is 15.3. The van der Waals surface area contributed by atoms with E-state index >= 15 is 0 Å². The molecule has 0 unspecified atom stereocenters. The average molecular weight is 431 g/mol. The van der Waals surface area contributed by atoms with Crippen LogP contribution in [-0.2, 0) is 13.2 Å². The number of hydrogen-bond acceptors (Lipinski definition) is 5. The molecule has 0 saturated carbocycles. The topological polar surface area (TPSA) is 52.6 Å². The van der Waals surface area contributed by atoms with E-state index in [1.165, 1.54) is 12.1 Å². The summed E-state index contributed by atoms with van der Waals surface area (Å²) in [5.41, 5.74) is 1.77. The van der Waals surface area contributed by atoms with Crippen LogP contribution in [0.4, 0.5) is 4.39 Å². The molecule has 0 amide bonds. The minimum Gasteiger partial charge on any atom is -0.493 e. The van der Waals surface area contributed by atoms with Gasteiger partial charge in [-0.25, -0.2) is 9.37 Å². The zero-order chi connectivity index (χ0) is 21.2. The molecule has 0 fully saturated rings. The van der Waals surface area contributed by atoms with E-state index < -0.39 is 0 Å². The van der Waals surface area contributed by atoms with Crippen LogP contribution in [0.5, 0.6) is 17.4 Å². The van der Waals surface area contributed by atoms with Crippen molar-refractivity contribution in [2.24, 2.45) is 0 Å². The second kappa shape index (κ2) is 11.4. The Morgan fingerprint density at radius 3 is 2.60 bits per heavy atom. The molecule has 3 rings (SSSR count). The average Bonchev–Trinajstić information content (AvgIpc) is 2.77. The molecule has 0 saturated heterocycles. The van der Waals surface area contributed by atoms with Gasteiger partial charge in [0.1, 0.15) is 12.4 Å². The van der Waals surface area contributed by atoms with Crippen molar-refractivity contribution >= 4 is 11.6 Å². The smallest absolute Gasteiger partial charge is 0.213 e. The minimum absolute atomic E-state index is 0.278. The molecule has 158 valence electrons. The van der Waals surface area contributed by atoms with E-state index in [0.29, 0.717) is 42.2 Å². The van der Waals surface area contributed by atoms with E-state index in [9.17, 15) is 4.39 Å². The molecule has 0 aliphatic rings. The van der Waals surface area contributed by atoms with E-state index in [2.05, 4.69) is 10.3 Å². The molecule has 7 heteroatoms. The number of hydrogen-bond donors (Lipinski definition) is 1. The molecule has 0 aliphatic carbocycles. The van der Waals surface area contributed by atoms with Gasteiger partial charge in [-0.1, -0.05) is 29.8 Å². The van der Waals surface area contributed by atoms with Gasteiger partial charge in [0.2, 0.25) is 5.88 Å². The Bertz CT molecular complexity index is 924. The van der Waals surface area contributed by atoms with E-state index in [1.807, 2.05) is 24.3 Å². The molecule has 0 atom stereocenters. The molecule has 2 aromatic carbocycles. The molecule has 0 radical (unpaired) electrons. The van der Waals surface area contributed by atoms with Gasteiger partial charge >= 0.3 is 0 Å². The summed E-state index contributed by atoms with van der Waals surface area (Å²) >= 11 is 6.42. The van der Waals surface area contributed by atoms with E-state index in [4.69, 9.17) is 25.8 Å². The van der Waals surface area contributed by atoms with Gasteiger partial charge < -0.3 is 19.5 Å². The monoisotopic (exact) mass is 430 g/mol. The van der Waals surface area contributed by atoms with Gasteiger partial charge in [0.15, 0.2) is 11.5 Å². The molecule has 0 aliphatic heterocycles. The molecule has 0 spiro atoms. The number of nitrogens with zero attached hydrogens (tertiary/aromatic N) is 1. The fourth-order valence-corrected chi connectivity index (χ4v) is 2.98. The zero-order valence-corrected chi connectivity index (χ0v) is 17.5. The molecule has 5 nitrogen and oxygen atoms in total. The zero-order valence-electron chi connectivity index (χ0n) is 16.7. The molecule has 1 N–H and O–H groups in total. The first kappa shape index (κ1) is 21.9. The highest BCUT2D eigenvalue weighted by molar-refractivity contribution is 6.31. The summed E-state index contributed by atoms with van der Waals surface area (Å²) in [6.45, 7) is 2.24. The van der Waals surface area contributed by atoms with Crippen LogP contribution in [0.2, 0.25) is 5.02 Å². The highest BCUT2D eigenvalue weighted by atomic mass is 35.5. The maximum absolute atomic E-state index is 13.0. The highest BCUT2D eigenvalue weighted by Gasteiger charge is 2.11. The van der Waals surface area contributed by atoms with Gasteiger partial charge in [-0.2, -0.15) is 0 Å². The summed E-state index contributed by atoms with van der Waals surface area (Å²) in [4.78, 5) is 4.12. The van der Waals surface area contributed by atoms with Crippen LogP contribution in [0.15, 0.2) is 60.8 Å². The molecule has 3 aromatic rings. The Morgan fingerprint density at radius 2 is 1.87 bits per heavy atom. The van der Waals surface area contributed by atoms with Crippen LogP contribution in [0.25, 0.3) is 0 Å². The largest absolute Gasteiger partial charge is 0.493 e. The number of ether oxygens (including phenoxy) is 3. The highest BCUT2D eigenvalue weighted by Crippen LogP contribution is 2.34. The standard InChI is InChI=1S/C23H24ClFN2O3/c1-28-21-13-18(15-26-10-4-12-29-23-5-2-3-11-27-23)20(24)14-22(21)30-16-17-6-8-19(25)9-7-17/h2-3,5-9,11,13-14,26H,4,10,12,15-16H2,1H3.